The van der Waals surface area contributed by atoms with Crippen molar-refractivity contribution in [2.45, 2.75) is 39.1 Å². The number of ether oxygens (including phenoxy) is 1. The quantitative estimate of drug-likeness (QED) is 0.586. The number of carbonyl (C=O) groups excluding carboxylic acids is 1. The van der Waals surface area contributed by atoms with E-state index >= 15 is 0 Å². The fraction of sp³-hybridized carbons (Fsp3) is 0.300. The summed E-state index contributed by atoms with van der Waals surface area (Å²) < 4.78 is 48.9. The van der Waals surface area contributed by atoms with Crippen molar-refractivity contribution >= 4 is 17.6 Å². The minimum absolute atomic E-state index is 0.0379. The first-order valence-electron chi connectivity index (χ1n) is 9.20. The second kappa shape index (κ2) is 8.62. The normalized spacial score (nSPS) is 11.8. The summed E-state index contributed by atoms with van der Waals surface area (Å²) in [4.78, 5) is 15.9. The molecule has 0 unspecified atom stereocenters. The molecule has 3 rings (SSSR count). The monoisotopic (exact) mass is 435 g/mol. The predicted molar refractivity (Wildman–Crippen MR) is 105 cm³/mol. The molecular formula is C20H20F3N5O3. The summed E-state index contributed by atoms with van der Waals surface area (Å²) in [6, 6.07) is 7.85. The van der Waals surface area contributed by atoms with Crippen LogP contribution >= 0.6 is 0 Å². The van der Waals surface area contributed by atoms with Crippen LogP contribution in [0.5, 0.6) is 0 Å². The lowest BCUT2D eigenvalue weighted by Crippen LogP contribution is -2.32. The summed E-state index contributed by atoms with van der Waals surface area (Å²) in [6.45, 7) is 5.19. The Morgan fingerprint density at radius 1 is 1.10 bits per heavy atom. The van der Waals surface area contributed by atoms with Crippen LogP contribution in [0.4, 0.5) is 29.5 Å². The van der Waals surface area contributed by atoms with Crippen LogP contribution < -0.4 is 10.6 Å². The van der Waals surface area contributed by atoms with E-state index in [-0.39, 0.29) is 18.3 Å². The van der Waals surface area contributed by atoms with Crippen LogP contribution in [0.1, 0.15) is 32.2 Å². The molecule has 2 N–H and O–H groups in total. The third kappa shape index (κ3) is 6.17. The maximum absolute atomic E-state index is 12.7. The van der Waals surface area contributed by atoms with E-state index in [1.165, 1.54) is 18.3 Å². The van der Waals surface area contributed by atoms with Crippen molar-refractivity contribution in [2.24, 2.45) is 0 Å². The smallest absolute Gasteiger partial charge is 0.416 e. The van der Waals surface area contributed by atoms with Crippen LogP contribution in [0.15, 0.2) is 47.0 Å². The van der Waals surface area contributed by atoms with Crippen LogP contribution in [0.2, 0.25) is 0 Å². The predicted octanol–water partition coefficient (Wildman–Crippen LogP) is 4.92. The Morgan fingerprint density at radius 2 is 1.81 bits per heavy atom. The van der Waals surface area contributed by atoms with Gasteiger partial charge in [-0.2, -0.15) is 13.2 Å². The summed E-state index contributed by atoms with van der Waals surface area (Å²) >= 11 is 0. The molecule has 8 nitrogen and oxygen atoms in total. The topological polar surface area (TPSA) is 102 Å². The lowest BCUT2D eigenvalue weighted by atomic mass is 10.2. The van der Waals surface area contributed by atoms with Gasteiger partial charge in [-0.25, -0.2) is 9.78 Å². The number of benzene rings is 1. The van der Waals surface area contributed by atoms with Crippen molar-refractivity contribution in [3.8, 4) is 11.5 Å². The van der Waals surface area contributed by atoms with E-state index in [9.17, 15) is 18.0 Å². The third-order valence-corrected chi connectivity index (χ3v) is 3.76. The molecule has 0 atom stereocenters. The van der Waals surface area contributed by atoms with Crippen molar-refractivity contribution in [3.05, 3.63) is 54.0 Å². The third-order valence-electron chi connectivity index (χ3n) is 3.76. The van der Waals surface area contributed by atoms with E-state index in [0.717, 1.165) is 12.1 Å². The second-order valence-corrected chi connectivity index (χ2v) is 7.46. The maximum atomic E-state index is 12.7. The fourth-order valence-electron chi connectivity index (χ4n) is 2.45. The Hall–Kier alpha value is -3.63. The van der Waals surface area contributed by atoms with E-state index in [1.807, 2.05) is 0 Å². The molecule has 164 valence electrons. The molecule has 1 aromatic carbocycles. The highest BCUT2D eigenvalue weighted by Gasteiger charge is 2.30. The van der Waals surface area contributed by atoms with E-state index in [4.69, 9.17) is 9.15 Å². The van der Waals surface area contributed by atoms with Gasteiger partial charge in [0.05, 0.1) is 17.7 Å². The van der Waals surface area contributed by atoms with E-state index < -0.39 is 23.4 Å². The van der Waals surface area contributed by atoms with Gasteiger partial charge in [0.2, 0.25) is 5.89 Å². The van der Waals surface area contributed by atoms with Crippen molar-refractivity contribution in [1.29, 1.82) is 0 Å². The molecule has 0 spiro atoms. The number of carbonyl (C=O) groups is 1. The second-order valence-electron chi connectivity index (χ2n) is 7.46. The average molecular weight is 435 g/mol. The zero-order chi connectivity index (χ0) is 22.6. The van der Waals surface area contributed by atoms with Gasteiger partial charge in [0.25, 0.3) is 5.89 Å². The Bertz CT molecular complexity index is 1040. The molecule has 2 heterocycles. The number of aromatic nitrogens is 3. The van der Waals surface area contributed by atoms with Gasteiger partial charge in [0, 0.05) is 11.9 Å². The molecule has 3 aromatic rings. The summed E-state index contributed by atoms with van der Waals surface area (Å²) in [5.41, 5.74) is -0.547. The first-order valence-corrected chi connectivity index (χ1v) is 9.20. The van der Waals surface area contributed by atoms with Crippen LogP contribution in [-0.4, -0.2) is 26.9 Å². The molecule has 0 bridgehead atoms. The maximum Gasteiger partial charge on any atom is 0.416 e. The molecule has 1 amide bonds. The largest absolute Gasteiger partial charge is 0.444 e. The number of alkyl carbamates (subject to hydrolysis) is 1. The summed E-state index contributed by atoms with van der Waals surface area (Å²) in [5, 5.41) is 13.3. The number of halogens is 3. The van der Waals surface area contributed by atoms with Gasteiger partial charge in [-0.05, 0) is 57.2 Å². The molecule has 0 saturated heterocycles. The van der Waals surface area contributed by atoms with Crippen molar-refractivity contribution in [2.75, 3.05) is 5.32 Å². The van der Waals surface area contributed by atoms with E-state index in [0.29, 0.717) is 17.1 Å². The van der Waals surface area contributed by atoms with Gasteiger partial charge >= 0.3 is 12.3 Å². The molecule has 0 fully saturated rings. The minimum atomic E-state index is -4.41. The number of rotatable bonds is 5. The molecule has 0 saturated carbocycles. The highest BCUT2D eigenvalue weighted by atomic mass is 19.4. The van der Waals surface area contributed by atoms with Gasteiger partial charge in [-0.1, -0.05) is 0 Å². The first kappa shape index (κ1) is 22.1. The highest BCUT2D eigenvalue weighted by molar-refractivity contribution is 5.73. The van der Waals surface area contributed by atoms with Crippen molar-refractivity contribution < 1.29 is 27.1 Å². The van der Waals surface area contributed by atoms with Crippen molar-refractivity contribution in [1.82, 2.24) is 20.5 Å². The molecular weight excluding hydrogens is 415 g/mol. The number of nitrogens with zero attached hydrogens (tertiary/aromatic N) is 3. The molecule has 0 aliphatic rings. The zero-order valence-corrected chi connectivity index (χ0v) is 16.9. The van der Waals surface area contributed by atoms with Crippen molar-refractivity contribution in [3.63, 3.8) is 0 Å². The Balaban J connectivity index is 1.71. The number of nitrogens with one attached hydrogen (secondary N) is 2. The standard InChI is InChI=1S/C20H20F3N5O3/c1-19(2,3)31-18(29)25-11-15-27-28-17(30-15)14-5-4-10-24-16(14)26-13-8-6-12(7-9-13)20(21,22)23/h4-10H,11H2,1-3H3,(H,24,26)(H,25,29). The molecule has 31 heavy (non-hydrogen) atoms. The van der Waals surface area contributed by atoms with Crippen LogP contribution in [0.25, 0.3) is 11.5 Å². The van der Waals surface area contributed by atoms with Gasteiger partial charge in [-0.15, -0.1) is 10.2 Å². The molecule has 0 aliphatic heterocycles. The number of hydrogen-bond acceptors (Lipinski definition) is 7. The van der Waals surface area contributed by atoms with Crippen LogP contribution in [-0.2, 0) is 17.5 Å². The lowest BCUT2D eigenvalue weighted by molar-refractivity contribution is -0.137. The number of hydrogen-bond donors (Lipinski definition) is 2. The number of anilines is 2. The summed E-state index contributed by atoms with van der Waals surface area (Å²) in [6.07, 6.45) is -3.53. The van der Waals surface area contributed by atoms with E-state index in [2.05, 4.69) is 25.8 Å². The fourth-order valence-corrected chi connectivity index (χ4v) is 2.45. The first-order chi connectivity index (χ1) is 14.5. The summed E-state index contributed by atoms with van der Waals surface area (Å²) in [7, 11) is 0. The van der Waals surface area contributed by atoms with E-state index in [1.54, 1.807) is 32.9 Å². The molecule has 2 aromatic heterocycles. The zero-order valence-electron chi connectivity index (χ0n) is 16.9. The Kier molecular flexibility index (Phi) is 6.14. The number of amides is 1. The van der Waals surface area contributed by atoms with Gasteiger partial charge in [0.1, 0.15) is 11.4 Å². The minimum Gasteiger partial charge on any atom is -0.444 e. The molecule has 11 heteroatoms. The SMILES string of the molecule is CC(C)(C)OC(=O)NCc1nnc(-c2cccnc2Nc2ccc(C(F)(F)F)cc2)o1. The lowest BCUT2D eigenvalue weighted by Gasteiger charge is -2.19. The number of pyridine rings is 1. The van der Waals surface area contributed by atoms with Gasteiger partial charge in [-0.3, -0.25) is 0 Å². The summed E-state index contributed by atoms with van der Waals surface area (Å²) in [5.74, 6) is 0.589. The molecule has 0 radical (unpaired) electrons. The highest BCUT2D eigenvalue weighted by Crippen LogP contribution is 2.31. The van der Waals surface area contributed by atoms with Crippen LogP contribution in [0.3, 0.4) is 0 Å². The number of alkyl halides is 3. The van der Waals surface area contributed by atoms with Gasteiger partial charge < -0.3 is 19.8 Å². The Labute approximate surface area is 175 Å². The molecule has 0 aliphatic carbocycles. The average Bonchev–Trinajstić information content (AvgIpc) is 3.14. The van der Waals surface area contributed by atoms with Gasteiger partial charge in [0.15, 0.2) is 0 Å². The van der Waals surface area contributed by atoms with Crippen LogP contribution in [0, 0.1) is 0 Å². The Morgan fingerprint density at radius 3 is 2.45 bits per heavy atom.